The summed E-state index contributed by atoms with van der Waals surface area (Å²) in [7, 11) is 0. The van der Waals surface area contributed by atoms with Crippen LogP contribution in [0.3, 0.4) is 0 Å². The van der Waals surface area contributed by atoms with E-state index in [1.807, 2.05) is 36.4 Å². The van der Waals surface area contributed by atoms with E-state index in [0.717, 1.165) is 133 Å². The summed E-state index contributed by atoms with van der Waals surface area (Å²) in [6.45, 7) is 0. The quantitative estimate of drug-likeness (QED) is 0.145. The highest BCUT2D eigenvalue weighted by molar-refractivity contribution is 6.29. The topological polar surface area (TPSA) is 69.0 Å². The van der Waals surface area contributed by atoms with Crippen LogP contribution in [0.25, 0.3) is 296 Å². The smallest absolute Gasteiger partial charge is 0.143 e. The Kier molecular flexibility index (Phi) is 18.1. The number of furan rings is 3. The van der Waals surface area contributed by atoms with Crippen molar-refractivity contribution in [2.45, 2.75) is 0 Å². The molecular formula is C138H84N6O3. The third kappa shape index (κ3) is 12.7. The molecule has 33 rings (SSSR count). The largest absolute Gasteiger partial charge is 0.456 e. The van der Waals surface area contributed by atoms with Gasteiger partial charge < -0.3 is 40.7 Å². The summed E-state index contributed by atoms with van der Waals surface area (Å²) in [4.78, 5) is 0. The number of para-hydroxylation sites is 10. The fourth-order valence-electron chi connectivity index (χ4n) is 24.3. The third-order valence-corrected chi connectivity index (χ3v) is 30.9. The summed E-state index contributed by atoms with van der Waals surface area (Å²) in [6, 6.07) is 184. The lowest BCUT2D eigenvalue weighted by molar-refractivity contribution is 0.668. The van der Waals surface area contributed by atoms with Crippen molar-refractivity contribution in [2.24, 2.45) is 0 Å². The Morgan fingerprint density at radius 2 is 0.442 bits per heavy atom. The Bertz CT molecular complexity index is 11300. The second-order valence-corrected chi connectivity index (χ2v) is 38.8. The molecule has 0 radical (unpaired) electrons. The first-order chi connectivity index (χ1) is 72.9. The lowest BCUT2D eigenvalue weighted by atomic mass is 10.0. The summed E-state index contributed by atoms with van der Waals surface area (Å²) < 4.78 is 33.5. The summed E-state index contributed by atoms with van der Waals surface area (Å²) in [5.74, 6) is 0. The molecule has 0 saturated carbocycles. The van der Waals surface area contributed by atoms with Crippen LogP contribution in [0.2, 0.25) is 0 Å². The average Bonchev–Trinajstić information content (AvgIpc) is 1.55. The highest BCUT2D eigenvalue weighted by Crippen LogP contribution is 2.50. The van der Waals surface area contributed by atoms with Gasteiger partial charge in [-0.2, -0.15) is 0 Å². The molecule has 0 fully saturated rings. The van der Waals surface area contributed by atoms with Crippen molar-refractivity contribution in [3.8, 4) is 67.5 Å². The van der Waals surface area contributed by atoms with Gasteiger partial charge in [0.15, 0.2) is 0 Å². The van der Waals surface area contributed by atoms with Crippen molar-refractivity contribution in [2.75, 3.05) is 0 Å². The maximum atomic E-state index is 6.46. The monoisotopic (exact) mass is 1870 g/mol. The van der Waals surface area contributed by atoms with Gasteiger partial charge >= 0.3 is 0 Å². The number of aromatic nitrogens is 6. The van der Waals surface area contributed by atoms with E-state index in [0.29, 0.717) is 0 Å². The van der Waals surface area contributed by atoms with Crippen molar-refractivity contribution in [3.63, 3.8) is 0 Å². The molecule has 0 amide bonds. The van der Waals surface area contributed by atoms with Crippen molar-refractivity contribution in [3.05, 3.63) is 510 Å². The fraction of sp³-hybridized carbons (Fsp3) is 0. The molecule has 147 heavy (non-hydrogen) atoms. The number of nitrogens with zero attached hydrogens (tertiary/aromatic N) is 6. The van der Waals surface area contributed by atoms with Gasteiger partial charge in [-0.25, -0.2) is 0 Å². The molecule has 0 atom stereocenters. The molecule has 0 bridgehead atoms. The van der Waals surface area contributed by atoms with Crippen molar-refractivity contribution < 1.29 is 13.3 Å². The van der Waals surface area contributed by atoms with Gasteiger partial charge in [-0.1, -0.05) is 334 Å². The van der Waals surface area contributed by atoms with Gasteiger partial charge in [0.25, 0.3) is 0 Å². The second-order valence-electron chi connectivity index (χ2n) is 38.8. The highest BCUT2D eigenvalue weighted by atomic mass is 16.3. The Morgan fingerprint density at radius 3 is 0.952 bits per heavy atom. The maximum absolute atomic E-state index is 6.46. The van der Waals surface area contributed by atoms with Crippen LogP contribution in [-0.4, -0.2) is 27.4 Å². The minimum absolute atomic E-state index is 0.907. The van der Waals surface area contributed by atoms with Gasteiger partial charge in [0.05, 0.1) is 66.2 Å². The molecule has 0 unspecified atom stereocenters. The Morgan fingerprint density at radius 1 is 0.129 bits per heavy atom. The van der Waals surface area contributed by atoms with Crippen LogP contribution < -0.4 is 0 Å². The first kappa shape index (κ1) is 82.0. The zero-order valence-corrected chi connectivity index (χ0v) is 79.4. The van der Waals surface area contributed by atoms with Crippen LogP contribution in [0, 0.1) is 0 Å². The van der Waals surface area contributed by atoms with E-state index >= 15 is 0 Å². The zero-order chi connectivity index (χ0) is 96.2. The molecule has 0 spiro atoms. The van der Waals surface area contributed by atoms with Gasteiger partial charge in [-0.15, -0.1) is 0 Å². The fourth-order valence-corrected chi connectivity index (χ4v) is 24.3. The minimum Gasteiger partial charge on any atom is -0.456 e. The SMILES string of the molecule is c1ccc(-n2c3cc4c(cc3c3c5ccccc5ccc32)c2ccccc2n4-c2cccc(-c3ccc4c(c3)oc3ccccc34)c2)cc1.c1ccc(-n2c3cc4c(cc3c3ccc5ccccc5c32)c2ccccc2n4-c2ccc(-c3ccc4c(c3)oc3ccccc34)cc2)cc1.c1ccc(-n2c3cc4c(cc3c3ccc5ccccc5c32)c2ccccc2n4-c2cccc(-c3cccc4c3oc3ccccc34)c2)cc1. The van der Waals surface area contributed by atoms with E-state index in [2.05, 4.69) is 501 Å². The van der Waals surface area contributed by atoms with Gasteiger partial charge in [0, 0.05) is 147 Å². The summed E-state index contributed by atoms with van der Waals surface area (Å²) in [5.41, 5.74) is 33.5. The molecule has 9 aromatic heterocycles. The van der Waals surface area contributed by atoms with E-state index in [1.54, 1.807) is 0 Å². The summed E-state index contributed by atoms with van der Waals surface area (Å²) in [6.07, 6.45) is 0. The van der Waals surface area contributed by atoms with Crippen LogP contribution in [-0.2, 0) is 0 Å². The van der Waals surface area contributed by atoms with Crippen molar-refractivity contribution in [1.82, 2.24) is 27.4 Å². The first-order valence-corrected chi connectivity index (χ1v) is 50.3. The summed E-state index contributed by atoms with van der Waals surface area (Å²) in [5, 5.41) is 29.5. The lowest BCUT2D eigenvalue weighted by Crippen LogP contribution is -1.96. The highest BCUT2D eigenvalue weighted by Gasteiger charge is 2.27. The molecule has 9 heterocycles. The second kappa shape index (κ2) is 32.4. The van der Waals surface area contributed by atoms with E-state index in [-0.39, 0.29) is 0 Å². The first-order valence-electron chi connectivity index (χ1n) is 50.3. The van der Waals surface area contributed by atoms with E-state index < -0.39 is 0 Å². The van der Waals surface area contributed by atoms with Crippen molar-refractivity contribution in [1.29, 1.82) is 0 Å². The van der Waals surface area contributed by atoms with E-state index in [4.69, 9.17) is 13.3 Å². The van der Waals surface area contributed by atoms with Gasteiger partial charge in [-0.3, -0.25) is 0 Å². The predicted octanol–water partition coefficient (Wildman–Crippen LogP) is 37.8. The van der Waals surface area contributed by atoms with Crippen molar-refractivity contribution >= 4 is 229 Å². The molecule has 33 aromatic rings. The van der Waals surface area contributed by atoms with Gasteiger partial charge in [0.1, 0.15) is 33.5 Å². The van der Waals surface area contributed by atoms with Crippen LogP contribution in [0.1, 0.15) is 0 Å². The van der Waals surface area contributed by atoms with Crippen LogP contribution >= 0.6 is 0 Å². The molecule has 0 saturated heterocycles. The Labute approximate surface area is 840 Å². The molecule has 24 aromatic carbocycles. The standard InChI is InChI=1S/3C46H28N2O/c1-2-14-31(15-3-1)48-43-28-42-39(27-40(43)37-25-24-29-12-4-5-17-33(29)45(37)48)35-18-6-8-22-41(35)47(42)32-16-10-13-30(26-32)34-20-11-21-38-36-19-7-9-23-44(36)49-46(34)38;1-2-13-32(14-3-1)47-41-24-22-29-11-4-5-16-34(29)46(41)39-27-38-35-17-6-8-19-40(35)48(42(38)28-43(39)47)33-15-10-12-30(25-33)31-21-23-37-36-18-7-9-20-44(36)49-45(37)26-31;1-2-11-32(12-3-1)48-43-28-42-39(27-40(43)38-25-20-30-10-4-5-13-34(30)46(38)48)35-14-6-8-16-41(35)47(42)33-22-18-29(19-23-33)31-21-24-37-36-15-7-9-17-44(36)49-45(37)26-31/h3*1-28H. The van der Waals surface area contributed by atoms with Gasteiger partial charge in [0.2, 0.25) is 0 Å². The van der Waals surface area contributed by atoms with E-state index in [9.17, 15) is 0 Å². The normalized spacial score (nSPS) is 12.1. The summed E-state index contributed by atoms with van der Waals surface area (Å²) >= 11 is 0. The van der Waals surface area contributed by atoms with Crippen LogP contribution in [0.15, 0.2) is 523 Å². The van der Waals surface area contributed by atoms with Gasteiger partial charge in [-0.05, 0) is 225 Å². The Hall–Kier alpha value is -19.7. The average molecular weight is 1870 g/mol. The molecule has 0 N–H and O–H groups in total. The molecule has 0 aliphatic heterocycles. The number of rotatable bonds is 9. The molecule has 0 aliphatic carbocycles. The molecule has 0 aliphatic rings. The molecule has 684 valence electrons. The number of hydrogen-bond donors (Lipinski definition) is 0. The van der Waals surface area contributed by atoms with E-state index in [1.165, 1.54) is 163 Å². The number of benzene rings is 24. The Balaban J connectivity index is 0.0000000999. The molecular weight excluding hydrogens is 1790 g/mol. The lowest BCUT2D eigenvalue weighted by Gasteiger charge is -2.12. The predicted molar refractivity (Wildman–Crippen MR) is 616 cm³/mol. The molecule has 9 heteroatoms. The third-order valence-electron chi connectivity index (χ3n) is 30.9. The zero-order valence-electron chi connectivity index (χ0n) is 79.4. The maximum Gasteiger partial charge on any atom is 0.143 e. The number of hydrogen-bond acceptors (Lipinski definition) is 3. The minimum atomic E-state index is 0.907. The number of fused-ring (bicyclic) bond motifs is 33. The van der Waals surface area contributed by atoms with Crippen LogP contribution in [0.4, 0.5) is 0 Å². The molecule has 9 nitrogen and oxygen atoms in total. The van der Waals surface area contributed by atoms with Crippen LogP contribution in [0.5, 0.6) is 0 Å².